The molecular weight excluding hydrogens is 200 g/mol. The predicted octanol–water partition coefficient (Wildman–Crippen LogP) is 3.68. The van der Waals surface area contributed by atoms with Gasteiger partial charge in [-0.05, 0) is 58.3 Å². The van der Waals surface area contributed by atoms with E-state index >= 15 is 0 Å². The molecule has 2 unspecified atom stereocenters. The molecule has 0 aromatic rings. The highest BCUT2D eigenvalue weighted by Gasteiger charge is 2.25. The van der Waals surface area contributed by atoms with Crippen molar-refractivity contribution in [2.24, 2.45) is 0 Å². The van der Waals surface area contributed by atoms with Crippen LogP contribution < -0.4 is 0 Å². The molecule has 2 aliphatic rings. The van der Waals surface area contributed by atoms with Gasteiger partial charge in [0.2, 0.25) is 0 Å². The Morgan fingerprint density at radius 1 is 1.00 bits per heavy atom. The van der Waals surface area contributed by atoms with E-state index in [0.29, 0.717) is 24.4 Å². The first-order valence-electron chi connectivity index (χ1n) is 7.09. The van der Waals surface area contributed by atoms with E-state index in [2.05, 4.69) is 13.8 Å². The highest BCUT2D eigenvalue weighted by atomic mass is 16.5. The number of rotatable bonds is 7. The van der Waals surface area contributed by atoms with Gasteiger partial charge in [-0.2, -0.15) is 0 Å². The second-order valence-electron chi connectivity index (χ2n) is 5.45. The zero-order chi connectivity index (χ0) is 11.4. The fraction of sp³-hybridized carbons (Fsp3) is 1.00. The minimum Gasteiger partial charge on any atom is -0.375 e. The van der Waals surface area contributed by atoms with Crippen molar-refractivity contribution >= 4 is 0 Å². The van der Waals surface area contributed by atoms with Crippen molar-refractivity contribution in [3.63, 3.8) is 0 Å². The van der Waals surface area contributed by atoms with E-state index in [0.717, 1.165) is 12.8 Å². The molecule has 2 aliphatic carbocycles. The van der Waals surface area contributed by atoms with Crippen LogP contribution in [0.3, 0.4) is 0 Å². The maximum atomic E-state index is 6.06. The van der Waals surface area contributed by atoms with Crippen LogP contribution in [0.4, 0.5) is 0 Å². The maximum absolute atomic E-state index is 6.06. The van der Waals surface area contributed by atoms with Gasteiger partial charge in [0.05, 0.1) is 24.4 Å². The third kappa shape index (κ3) is 3.46. The first kappa shape index (κ1) is 12.4. The Kier molecular flexibility index (Phi) is 4.66. The number of hydrogen-bond acceptors (Lipinski definition) is 2. The molecule has 2 fully saturated rings. The van der Waals surface area contributed by atoms with E-state index in [1.54, 1.807) is 0 Å². The van der Waals surface area contributed by atoms with Crippen molar-refractivity contribution in [3.8, 4) is 0 Å². The molecule has 16 heavy (non-hydrogen) atoms. The molecule has 0 bridgehead atoms. The van der Waals surface area contributed by atoms with Crippen molar-refractivity contribution in [2.45, 2.75) is 89.6 Å². The minimum atomic E-state index is 0.371. The Labute approximate surface area is 99.7 Å². The third-order valence-corrected chi connectivity index (χ3v) is 3.96. The topological polar surface area (TPSA) is 18.5 Å². The summed E-state index contributed by atoms with van der Waals surface area (Å²) in [4.78, 5) is 0. The van der Waals surface area contributed by atoms with Gasteiger partial charge in [-0.3, -0.25) is 0 Å². The van der Waals surface area contributed by atoms with E-state index in [1.807, 2.05) is 0 Å². The summed E-state index contributed by atoms with van der Waals surface area (Å²) in [6, 6.07) is 0. The lowest BCUT2D eigenvalue weighted by atomic mass is 9.95. The summed E-state index contributed by atoms with van der Waals surface area (Å²) >= 11 is 0. The molecule has 0 amide bonds. The van der Waals surface area contributed by atoms with E-state index in [1.165, 1.54) is 38.5 Å². The molecule has 2 nitrogen and oxygen atoms in total. The van der Waals surface area contributed by atoms with E-state index in [9.17, 15) is 0 Å². The lowest BCUT2D eigenvalue weighted by Crippen LogP contribution is -2.32. The normalized spacial score (nSPS) is 25.9. The molecule has 0 spiro atoms. The Morgan fingerprint density at radius 2 is 1.56 bits per heavy atom. The molecule has 0 radical (unpaired) electrons. The number of hydrogen-bond donors (Lipinski definition) is 0. The second-order valence-corrected chi connectivity index (χ2v) is 5.45. The van der Waals surface area contributed by atoms with Gasteiger partial charge in [0, 0.05) is 0 Å². The van der Waals surface area contributed by atoms with Crippen LogP contribution in [-0.4, -0.2) is 24.4 Å². The van der Waals surface area contributed by atoms with Gasteiger partial charge in [0.25, 0.3) is 0 Å². The van der Waals surface area contributed by atoms with E-state index in [-0.39, 0.29) is 0 Å². The third-order valence-electron chi connectivity index (χ3n) is 3.96. The van der Waals surface area contributed by atoms with Gasteiger partial charge in [-0.1, -0.05) is 6.92 Å². The molecule has 0 N–H and O–H groups in total. The molecule has 0 heterocycles. The average Bonchev–Trinajstić information content (AvgIpc) is 2.15. The van der Waals surface area contributed by atoms with Gasteiger partial charge in [-0.15, -0.1) is 0 Å². The lowest BCUT2D eigenvalue weighted by Gasteiger charge is -2.33. The smallest absolute Gasteiger partial charge is 0.0600 e. The van der Waals surface area contributed by atoms with Gasteiger partial charge < -0.3 is 9.47 Å². The fourth-order valence-electron chi connectivity index (χ4n) is 2.36. The van der Waals surface area contributed by atoms with Crippen LogP contribution in [-0.2, 0) is 9.47 Å². The molecule has 0 aliphatic heterocycles. The van der Waals surface area contributed by atoms with Crippen LogP contribution in [0.15, 0.2) is 0 Å². The molecule has 2 atom stereocenters. The van der Waals surface area contributed by atoms with Crippen molar-refractivity contribution in [1.29, 1.82) is 0 Å². The number of ether oxygens (including phenoxy) is 2. The highest BCUT2D eigenvalue weighted by Crippen LogP contribution is 2.27. The summed E-state index contributed by atoms with van der Waals surface area (Å²) in [5.74, 6) is 0. The van der Waals surface area contributed by atoms with Crippen molar-refractivity contribution in [3.05, 3.63) is 0 Å². The Bertz CT molecular complexity index is 197. The highest BCUT2D eigenvalue weighted by molar-refractivity contribution is 4.75. The minimum absolute atomic E-state index is 0.371. The average molecular weight is 226 g/mol. The summed E-state index contributed by atoms with van der Waals surface area (Å²) in [7, 11) is 0. The Hall–Kier alpha value is -0.0800. The van der Waals surface area contributed by atoms with Gasteiger partial charge in [0.1, 0.15) is 0 Å². The van der Waals surface area contributed by atoms with Crippen LogP contribution in [0.1, 0.15) is 65.2 Å². The SMILES string of the molecule is CCC(CC(C)OC1CCC1)OC1CCC1. The molecule has 0 aromatic carbocycles. The van der Waals surface area contributed by atoms with Crippen LogP contribution in [0, 0.1) is 0 Å². The van der Waals surface area contributed by atoms with Crippen molar-refractivity contribution < 1.29 is 9.47 Å². The molecule has 2 saturated carbocycles. The summed E-state index contributed by atoms with van der Waals surface area (Å²) in [5.41, 5.74) is 0. The summed E-state index contributed by atoms with van der Waals surface area (Å²) < 4.78 is 12.0. The van der Waals surface area contributed by atoms with Crippen LogP contribution in [0.2, 0.25) is 0 Å². The maximum Gasteiger partial charge on any atom is 0.0600 e. The standard InChI is InChI=1S/C14H26O2/c1-3-12(16-14-8-5-9-14)10-11(2)15-13-6-4-7-13/h11-14H,3-10H2,1-2H3. The van der Waals surface area contributed by atoms with Crippen LogP contribution in [0.25, 0.3) is 0 Å². The van der Waals surface area contributed by atoms with Gasteiger partial charge >= 0.3 is 0 Å². The molecule has 94 valence electrons. The zero-order valence-electron chi connectivity index (χ0n) is 10.8. The molecule has 0 saturated heterocycles. The fourth-order valence-corrected chi connectivity index (χ4v) is 2.36. The van der Waals surface area contributed by atoms with E-state index < -0.39 is 0 Å². The van der Waals surface area contributed by atoms with Crippen LogP contribution in [0.5, 0.6) is 0 Å². The van der Waals surface area contributed by atoms with Crippen molar-refractivity contribution in [2.75, 3.05) is 0 Å². The Balaban J connectivity index is 1.63. The first-order chi connectivity index (χ1) is 7.78. The summed E-state index contributed by atoms with van der Waals surface area (Å²) in [5, 5.41) is 0. The first-order valence-corrected chi connectivity index (χ1v) is 7.09. The molecular formula is C14H26O2. The van der Waals surface area contributed by atoms with Crippen LogP contribution >= 0.6 is 0 Å². The molecule has 2 rings (SSSR count). The van der Waals surface area contributed by atoms with Gasteiger partial charge in [0.15, 0.2) is 0 Å². The quantitative estimate of drug-likeness (QED) is 0.659. The van der Waals surface area contributed by atoms with Crippen molar-refractivity contribution in [1.82, 2.24) is 0 Å². The van der Waals surface area contributed by atoms with Gasteiger partial charge in [-0.25, -0.2) is 0 Å². The summed E-state index contributed by atoms with van der Waals surface area (Å²) in [6.07, 6.45) is 11.9. The predicted molar refractivity (Wildman–Crippen MR) is 65.6 cm³/mol. The molecule has 2 heteroatoms. The summed E-state index contributed by atoms with van der Waals surface area (Å²) in [6.45, 7) is 4.42. The Morgan fingerprint density at radius 3 is 2.00 bits per heavy atom. The second kappa shape index (κ2) is 6.02. The lowest BCUT2D eigenvalue weighted by molar-refractivity contribution is -0.0976. The zero-order valence-corrected chi connectivity index (χ0v) is 10.8. The monoisotopic (exact) mass is 226 g/mol. The van der Waals surface area contributed by atoms with E-state index in [4.69, 9.17) is 9.47 Å². The largest absolute Gasteiger partial charge is 0.375 e. The molecule has 0 aromatic heterocycles.